The second-order valence-electron chi connectivity index (χ2n) is 6.95. The van der Waals surface area contributed by atoms with Crippen LogP contribution in [0.5, 0.6) is 5.75 Å². The molecule has 1 atom stereocenters. The third-order valence-corrected chi connectivity index (χ3v) is 4.72. The van der Waals surface area contributed by atoms with E-state index in [1.807, 2.05) is 6.92 Å². The molecule has 3 rings (SSSR count). The molecule has 1 unspecified atom stereocenters. The van der Waals surface area contributed by atoms with Crippen LogP contribution < -0.4 is 10.5 Å². The zero-order chi connectivity index (χ0) is 20.1. The standard InChI is InChI=1S/C19H23ClN4O4/c1-14-9-22-24(10-14)11-18(26)23-6-7-28-19(12-23,8-17(21)25)13-27-16-4-2-15(20)3-5-16/h2-5,9-10H,6-8,11-13H2,1H3,(H2,21,25). The number of hydrogen-bond acceptors (Lipinski definition) is 5. The van der Waals surface area contributed by atoms with E-state index < -0.39 is 11.5 Å². The van der Waals surface area contributed by atoms with Crippen LogP contribution in [0.4, 0.5) is 0 Å². The monoisotopic (exact) mass is 406 g/mol. The average molecular weight is 407 g/mol. The van der Waals surface area contributed by atoms with Gasteiger partial charge in [-0.05, 0) is 36.8 Å². The second-order valence-corrected chi connectivity index (χ2v) is 7.38. The number of hydrogen-bond donors (Lipinski definition) is 1. The minimum absolute atomic E-state index is 0.0503. The Morgan fingerprint density at radius 1 is 1.36 bits per heavy atom. The topological polar surface area (TPSA) is 99.7 Å². The quantitative estimate of drug-likeness (QED) is 0.749. The lowest BCUT2D eigenvalue weighted by Crippen LogP contribution is -2.58. The Morgan fingerprint density at radius 3 is 2.75 bits per heavy atom. The predicted molar refractivity (Wildman–Crippen MR) is 103 cm³/mol. The second kappa shape index (κ2) is 8.62. The molecule has 1 aliphatic rings. The van der Waals surface area contributed by atoms with E-state index in [0.717, 1.165) is 5.56 Å². The van der Waals surface area contributed by atoms with Crippen LogP contribution in [-0.2, 0) is 20.9 Å². The minimum Gasteiger partial charge on any atom is -0.490 e. The van der Waals surface area contributed by atoms with Crippen molar-refractivity contribution in [2.24, 2.45) is 5.73 Å². The number of primary amides is 1. The molecule has 0 aliphatic carbocycles. The lowest BCUT2D eigenvalue weighted by molar-refractivity contribution is -0.162. The zero-order valence-corrected chi connectivity index (χ0v) is 16.4. The number of aromatic nitrogens is 2. The summed E-state index contributed by atoms with van der Waals surface area (Å²) < 4.78 is 13.3. The Balaban J connectivity index is 1.69. The molecule has 0 spiro atoms. The van der Waals surface area contributed by atoms with Gasteiger partial charge in [0, 0.05) is 17.8 Å². The maximum absolute atomic E-state index is 12.7. The molecule has 1 aliphatic heterocycles. The van der Waals surface area contributed by atoms with E-state index in [1.165, 1.54) is 0 Å². The van der Waals surface area contributed by atoms with Crippen molar-refractivity contribution >= 4 is 23.4 Å². The number of nitrogens with zero attached hydrogens (tertiary/aromatic N) is 3. The molecule has 1 fully saturated rings. The highest BCUT2D eigenvalue weighted by molar-refractivity contribution is 6.30. The molecule has 0 saturated carbocycles. The Morgan fingerprint density at radius 2 is 2.11 bits per heavy atom. The summed E-state index contributed by atoms with van der Waals surface area (Å²) in [6, 6.07) is 6.88. The van der Waals surface area contributed by atoms with Gasteiger partial charge in [-0.2, -0.15) is 5.10 Å². The fourth-order valence-corrected chi connectivity index (χ4v) is 3.28. The van der Waals surface area contributed by atoms with E-state index in [4.69, 9.17) is 26.8 Å². The lowest BCUT2D eigenvalue weighted by atomic mass is 9.97. The summed E-state index contributed by atoms with van der Waals surface area (Å²) in [5.41, 5.74) is 5.42. The van der Waals surface area contributed by atoms with Crippen molar-refractivity contribution < 1.29 is 19.1 Å². The molecule has 9 heteroatoms. The smallest absolute Gasteiger partial charge is 0.244 e. The normalized spacial score (nSPS) is 19.4. The Labute approximate surface area is 168 Å². The van der Waals surface area contributed by atoms with Crippen molar-refractivity contribution in [2.45, 2.75) is 25.5 Å². The van der Waals surface area contributed by atoms with Crippen LogP contribution in [0.3, 0.4) is 0 Å². The highest BCUT2D eigenvalue weighted by atomic mass is 35.5. The third kappa shape index (κ3) is 5.24. The summed E-state index contributed by atoms with van der Waals surface area (Å²) in [6.07, 6.45) is 3.45. The molecule has 1 saturated heterocycles. The first-order valence-corrected chi connectivity index (χ1v) is 9.30. The first-order chi connectivity index (χ1) is 13.3. The Hall–Kier alpha value is -2.58. The number of carbonyl (C=O) groups excluding carboxylic acids is 2. The number of nitrogens with two attached hydrogens (primary N) is 1. The van der Waals surface area contributed by atoms with E-state index in [-0.39, 0.29) is 32.0 Å². The Bertz CT molecular complexity index is 839. The van der Waals surface area contributed by atoms with E-state index in [9.17, 15) is 9.59 Å². The maximum atomic E-state index is 12.7. The summed E-state index contributed by atoms with van der Waals surface area (Å²) in [7, 11) is 0. The number of benzene rings is 1. The van der Waals surface area contributed by atoms with Crippen molar-refractivity contribution in [1.82, 2.24) is 14.7 Å². The number of rotatable bonds is 7. The van der Waals surface area contributed by atoms with Crippen molar-refractivity contribution in [2.75, 3.05) is 26.3 Å². The summed E-state index contributed by atoms with van der Waals surface area (Å²) in [5.74, 6) is -0.0317. The van der Waals surface area contributed by atoms with Gasteiger partial charge in [-0.25, -0.2) is 0 Å². The highest BCUT2D eigenvalue weighted by Crippen LogP contribution is 2.25. The molecule has 2 amide bonds. The molecule has 8 nitrogen and oxygen atoms in total. The first-order valence-electron chi connectivity index (χ1n) is 8.93. The summed E-state index contributed by atoms with van der Waals surface area (Å²) in [5, 5.41) is 4.74. The van der Waals surface area contributed by atoms with E-state index in [0.29, 0.717) is 23.9 Å². The first kappa shape index (κ1) is 20.2. The van der Waals surface area contributed by atoms with Crippen molar-refractivity contribution in [3.63, 3.8) is 0 Å². The predicted octanol–water partition coefficient (Wildman–Crippen LogP) is 1.40. The summed E-state index contributed by atoms with van der Waals surface area (Å²) in [6.45, 7) is 3.06. The molecule has 2 N–H and O–H groups in total. The van der Waals surface area contributed by atoms with Gasteiger partial charge < -0.3 is 20.1 Å². The van der Waals surface area contributed by atoms with Gasteiger partial charge >= 0.3 is 0 Å². The molecule has 0 bridgehead atoms. The number of aryl methyl sites for hydroxylation is 1. The van der Waals surface area contributed by atoms with Gasteiger partial charge in [0.1, 0.15) is 24.5 Å². The van der Waals surface area contributed by atoms with Crippen LogP contribution >= 0.6 is 11.6 Å². The molecule has 1 aromatic heterocycles. The molecule has 2 aromatic rings. The lowest BCUT2D eigenvalue weighted by Gasteiger charge is -2.42. The number of morpholine rings is 1. The van der Waals surface area contributed by atoms with E-state index in [2.05, 4.69) is 5.10 Å². The Kier molecular flexibility index (Phi) is 6.21. The van der Waals surface area contributed by atoms with Gasteiger partial charge in [-0.15, -0.1) is 0 Å². The molecule has 2 heterocycles. The van der Waals surface area contributed by atoms with E-state index in [1.54, 1.807) is 46.2 Å². The van der Waals surface area contributed by atoms with Gasteiger partial charge in [-0.3, -0.25) is 14.3 Å². The van der Waals surface area contributed by atoms with Crippen molar-refractivity contribution in [3.05, 3.63) is 47.2 Å². The van der Waals surface area contributed by atoms with Gasteiger partial charge in [0.2, 0.25) is 11.8 Å². The van der Waals surface area contributed by atoms with Crippen molar-refractivity contribution in [1.29, 1.82) is 0 Å². The van der Waals surface area contributed by atoms with Crippen LogP contribution in [0.25, 0.3) is 0 Å². The zero-order valence-electron chi connectivity index (χ0n) is 15.6. The fourth-order valence-electron chi connectivity index (χ4n) is 3.16. The van der Waals surface area contributed by atoms with Gasteiger partial charge in [0.05, 0.1) is 25.8 Å². The molecular weight excluding hydrogens is 384 g/mol. The fraction of sp³-hybridized carbons (Fsp3) is 0.421. The summed E-state index contributed by atoms with van der Waals surface area (Å²) >= 11 is 5.89. The molecule has 28 heavy (non-hydrogen) atoms. The minimum atomic E-state index is -1.00. The van der Waals surface area contributed by atoms with Crippen LogP contribution in [-0.4, -0.2) is 58.4 Å². The van der Waals surface area contributed by atoms with Crippen LogP contribution in [0.15, 0.2) is 36.7 Å². The number of amides is 2. The number of halogens is 1. The highest BCUT2D eigenvalue weighted by Gasteiger charge is 2.41. The SMILES string of the molecule is Cc1cnn(CC(=O)N2CCOC(COc3ccc(Cl)cc3)(CC(N)=O)C2)c1. The average Bonchev–Trinajstić information content (AvgIpc) is 3.05. The van der Waals surface area contributed by atoms with Gasteiger partial charge in [0.25, 0.3) is 0 Å². The van der Waals surface area contributed by atoms with E-state index >= 15 is 0 Å². The van der Waals surface area contributed by atoms with Crippen LogP contribution in [0.2, 0.25) is 5.02 Å². The number of carbonyl (C=O) groups is 2. The van der Waals surface area contributed by atoms with Crippen molar-refractivity contribution in [3.8, 4) is 5.75 Å². The van der Waals surface area contributed by atoms with Gasteiger partial charge in [0.15, 0.2) is 0 Å². The molecule has 150 valence electrons. The summed E-state index contributed by atoms with van der Waals surface area (Å²) in [4.78, 5) is 26.0. The van der Waals surface area contributed by atoms with Crippen LogP contribution in [0.1, 0.15) is 12.0 Å². The van der Waals surface area contributed by atoms with Crippen LogP contribution in [0, 0.1) is 6.92 Å². The third-order valence-electron chi connectivity index (χ3n) is 4.47. The molecular formula is C19H23ClN4O4. The number of ether oxygens (including phenoxy) is 2. The van der Waals surface area contributed by atoms with Gasteiger partial charge in [-0.1, -0.05) is 11.6 Å². The molecule has 0 radical (unpaired) electrons. The maximum Gasteiger partial charge on any atom is 0.244 e. The largest absolute Gasteiger partial charge is 0.490 e. The molecule has 1 aromatic carbocycles.